The summed E-state index contributed by atoms with van der Waals surface area (Å²) in [4.78, 5) is 18.0. The molecule has 1 amide bonds. The Hall–Kier alpha value is -1.42. The second-order valence-electron chi connectivity index (χ2n) is 7.11. The summed E-state index contributed by atoms with van der Waals surface area (Å²) >= 11 is 5.79. The Morgan fingerprint density at radius 1 is 1.13 bits per heavy atom. The zero-order valence-corrected chi connectivity index (χ0v) is 14.4. The number of rotatable bonds is 1. The van der Waals surface area contributed by atoms with Crippen LogP contribution in [0.25, 0.3) is 0 Å². The van der Waals surface area contributed by atoms with Crippen LogP contribution >= 0.6 is 12.2 Å². The van der Waals surface area contributed by atoms with E-state index < -0.39 is 0 Å². The molecule has 1 aromatic carbocycles. The second kappa shape index (κ2) is 6.23. The molecule has 1 atom stereocenters. The molecular weight excluding hydrogens is 304 g/mol. The summed E-state index contributed by atoms with van der Waals surface area (Å²) in [5, 5.41) is 0. The van der Waals surface area contributed by atoms with E-state index in [2.05, 4.69) is 34.1 Å². The van der Waals surface area contributed by atoms with Crippen molar-refractivity contribution >= 4 is 23.1 Å². The van der Waals surface area contributed by atoms with Gasteiger partial charge in [-0.1, -0.05) is 55.7 Å². The Balaban J connectivity index is 1.57. The third-order valence-electron chi connectivity index (χ3n) is 5.72. The standard InChI is InChI=1S/C19H24N2OS/c22-18-13-20(19(23)15-7-2-1-3-8-15)12-17-16-9-5-4-6-14(16)10-11-21(17)18/h4-6,9,15,17H,1-3,7-8,10-13H2. The van der Waals surface area contributed by atoms with Gasteiger partial charge in [0.15, 0.2) is 0 Å². The number of fused-ring (bicyclic) bond motifs is 3. The third-order valence-corrected chi connectivity index (χ3v) is 6.31. The van der Waals surface area contributed by atoms with Gasteiger partial charge in [-0.05, 0) is 30.4 Å². The summed E-state index contributed by atoms with van der Waals surface area (Å²) in [6.07, 6.45) is 7.28. The minimum atomic E-state index is 0.183. The molecule has 4 rings (SSSR count). The van der Waals surface area contributed by atoms with E-state index in [1.807, 2.05) is 0 Å². The van der Waals surface area contributed by atoms with Gasteiger partial charge in [-0.3, -0.25) is 4.79 Å². The molecule has 1 saturated carbocycles. The Bertz CT molecular complexity index is 624. The van der Waals surface area contributed by atoms with Crippen LogP contribution in [-0.2, 0) is 11.2 Å². The highest BCUT2D eigenvalue weighted by molar-refractivity contribution is 7.80. The van der Waals surface area contributed by atoms with Gasteiger partial charge in [0.05, 0.1) is 17.6 Å². The highest BCUT2D eigenvalue weighted by Crippen LogP contribution is 2.35. The van der Waals surface area contributed by atoms with E-state index in [0.29, 0.717) is 12.5 Å². The summed E-state index contributed by atoms with van der Waals surface area (Å²) in [6, 6.07) is 8.76. The topological polar surface area (TPSA) is 23.6 Å². The van der Waals surface area contributed by atoms with Gasteiger partial charge >= 0.3 is 0 Å². The molecule has 0 N–H and O–H groups in total. The van der Waals surface area contributed by atoms with E-state index in [1.54, 1.807) is 0 Å². The molecule has 1 saturated heterocycles. The first-order valence-electron chi connectivity index (χ1n) is 8.90. The largest absolute Gasteiger partial charge is 0.354 e. The molecule has 0 bridgehead atoms. The minimum absolute atomic E-state index is 0.183. The van der Waals surface area contributed by atoms with Crippen molar-refractivity contribution in [2.24, 2.45) is 5.92 Å². The summed E-state index contributed by atoms with van der Waals surface area (Å²) in [7, 11) is 0. The van der Waals surface area contributed by atoms with Crippen LogP contribution in [-0.4, -0.2) is 40.3 Å². The number of carbonyl (C=O) groups is 1. The number of thiocarbonyl (C=S) groups is 1. The molecule has 2 heterocycles. The van der Waals surface area contributed by atoms with Gasteiger partial charge in [0, 0.05) is 19.0 Å². The van der Waals surface area contributed by atoms with Gasteiger partial charge in [0.1, 0.15) is 0 Å². The summed E-state index contributed by atoms with van der Waals surface area (Å²) in [6.45, 7) is 2.20. The fraction of sp³-hybridized carbons (Fsp3) is 0.579. The Morgan fingerprint density at radius 2 is 1.91 bits per heavy atom. The first kappa shape index (κ1) is 15.1. The first-order valence-corrected chi connectivity index (χ1v) is 9.31. The van der Waals surface area contributed by atoms with Crippen molar-refractivity contribution in [2.45, 2.75) is 44.6 Å². The Kier molecular flexibility index (Phi) is 4.10. The maximum atomic E-state index is 12.7. The van der Waals surface area contributed by atoms with E-state index in [1.165, 1.54) is 43.2 Å². The molecule has 4 heteroatoms. The Morgan fingerprint density at radius 3 is 2.74 bits per heavy atom. The first-order chi connectivity index (χ1) is 11.2. The van der Waals surface area contributed by atoms with Crippen molar-refractivity contribution in [1.82, 2.24) is 9.80 Å². The molecule has 1 aliphatic carbocycles. The van der Waals surface area contributed by atoms with E-state index in [-0.39, 0.29) is 11.9 Å². The van der Waals surface area contributed by atoms with Crippen molar-refractivity contribution in [3.05, 3.63) is 35.4 Å². The molecular formula is C19H24N2OS. The van der Waals surface area contributed by atoms with Crippen LogP contribution in [0.15, 0.2) is 24.3 Å². The molecule has 0 radical (unpaired) electrons. The van der Waals surface area contributed by atoms with Crippen molar-refractivity contribution in [2.75, 3.05) is 19.6 Å². The number of piperazine rings is 1. The van der Waals surface area contributed by atoms with Crippen molar-refractivity contribution < 1.29 is 4.79 Å². The van der Waals surface area contributed by atoms with E-state index >= 15 is 0 Å². The number of carbonyl (C=O) groups excluding carboxylic acids is 1. The van der Waals surface area contributed by atoms with Gasteiger partial charge in [-0.15, -0.1) is 0 Å². The zero-order valence-electron chi connectivity index (χ0n) is 13.5. The molecule has 2 aliphatic heterocycles. The predicted octanol–water partition coefficient (Wildman–Crippen LogP) is 3.34. The van der Waals surface area contributed by atoms with Crippen LogP contribution in [0.3, 0.4) is 0 Å². The lowest BCUT2D eigenvalue weighted by Crippen LogP contribution is -2.56. The van der Waals surface area contributed by atoms with Gasteiger partial charge in [0.2, 0.25) is 5.91 Å². The number of benzene rings is 1. The highest BCUT2D eigenvalue weighted by Gasteiger charge is 2.38. The van der Waals surface area contributed by atoms with E-state index in [4.69, 9.17) is 12.2 Å². The summed E-state index contributed by atoms with van der Waals surface area (Å²) in [5.41, 5.74) is 2.72. The number of amides is 1. The van der Waals surface area contributed by atoms with Gasteiger partial charge < -0.3 is 9.80 Å². The number of nitrogens with zero attached hydrogens (tertiary/aromatic N) is 2. The second-order valence-corrected chi connectivity index (χ2v) is 7.52. The molecule has 3 aliphatic rings. The maximum absolute atomic E-state index is 12.7. The van der Waals surface area contributed by atoms with E-state index in [9.17, 15) is 4.79 Å². The van der Waals surface area contributed by atoms with Crippen LogP contribution in [0.1, 0.15) is 49.3 Å². The molecule has 3 nitrogen and oxygen atoms in total. The van der Waals surface area contributed by atoms with Crippen LogP contribution in [0.4, 0.5) is 0 Å². The Labute approximate surface area is 143 Å². The average molecular weight is 328 g/mol. The van der Waals surface area contributed by atoms with Gasteiger partial charge in [-0.25, -0.2) is 0 Å². The van der Waals surface area contributed by atoms with Crippen LogP contribution < -0.4 is 0 Å². The molecule has 0 aromatic heterocycles. The number of hydrogen-bond donors (Lipinski definition) is 0. The fourth-order valence-electron chi connectivity index (χ4n) is 4.45. The predicted molar refractivity (Wildman–Crippen MR) is 95.3 cm³/mol. The lowest BCUT2D eigenvalue weighted by molar-refractivity contribution is -0.138. The van der Waals surface area contributed by atoms with Crippen molar-refractivity contribution in [3.8, 4) is 0 Å². The minimum Gasteiger partial charge on any atom is -0.354 e. The van der Waals surface area contributed by atoms with Gasteiger partial charge in [0.25, 0.3) is 0 Å². The van der Waals surface area contributed by atoms with E-state index in [0.717, 1.165) is 24.5 Å². The van der Waals surface area contributed by atoms with Crippen LogP contribution in [0.2, 0.25) is 0 Å². The molecule has 23 heavy (non-hydrogen) atoms. The lowest BCUT2D eigenvalue weighted by atomic mass is 9.87. The average Bonchev–Trinajstić information content (AvgIpc) is 2.61. The molecule has 1 aromatic rings. The molecule has 0 spiro atoms. The SMILES string of the molecule is O=C1CN(C(=S)C2CCCCC2)CC2c3ccccc3CCN12. The van der Waals surface area contributed by atoms with Gasteiger partial charge in [-0.2, -0.15) is 0 Å². The van der Waals surface area contributed by atoms with Crippen molar-refractivity contribution in [1.29, 1.82) is 0 Å². The summed E-state index contributed by atoms with van der Waals surface area (Å²) < 4.78 is 0. The number of hydrogen-bond acceptors (Lipinski definition) is 2. The fourth-order valence-corrected chi connectivity index (χ4v) is 4.82. The summed E-state index contributed by atoms with van der Waals surface area (Å²) in [5.74, 6) is 0.755. The monoisotopic (exact) mass is 328 g/mol. The van der Waals surface area contributed by atoms with Crippen LogP contribution in [0, 0.1) is 5.92 Å². The third kappa shape index (κ3) is 2.78. The van der Waals surface area contributed by atoms with Crippen LogP contribution in [0.5, 0.6) is 0 Å². The zero-order chi connectivity index (χ0) is 15.8. The molecule has 1 unspecified atom stereocenters. The maximum Gasteiger partial charge on any atom is 0.242 e. The lowest BCUT2D eigenvalue weighted by Gasteiger charge is -2.46. The highest BCUT2D eigenvalue weighted by atomic mass is 32.1. The molecule has 122 valence electrons. The van der Waals surface area contributed by atoms with Crippen molar-refractivity contribution in [3.63, 3.8) is 0 Å². The quantitative estimate of drug-likeness (QED) is 0.739. The smallest absolute Gasteiger partial charge is 0.242 e. The normalized spacial score (nSPS) is 25.0. The molecule has 2 fully saturated rings.